The lowest BCUT2D eigenvalue weighted by Crippen LogP contribution is -2.33. The number of carbonyl (C=O) groups is 1. The number of nitrogens with one attached hydrogen (secondary N) is 1. The molecule has 0 bridgehead atoms. The first kappa shape index (κ1) is 16.5. The highest BCUT2D eigenvalue weighted by atomic mass is 32.2. The van der Waals surface area contributed by atoms with Gasteiger partial charge in [0.25, 0.3) is 0 Å². The molecule has 0 radical (unpaired) electrons. The number of unbranched alkanes of at least 4 members (excludes halogenated alkanes) is 1. The molecule has 0 unspecified atom stereocenters. The molecule has 0 aliphatic carbocycles. The molecule has 1 saturated heterocycles. The van der Waals surface area contributed by atoms with Gasteiger partial charge in [0.15, 0.2) is 4.34 Å². The Hall–Kier alpha value is -0.820. The third kappa shape index (κ3) is 5.82. The molecule has 1 N–H and O–H groups in total. The molecule has 0 atom stereocenters. The van der Waals surface area contributed by atoms with E-state index in [-0.39, 0.29) is 5.91 Å². The molecule has 1 aromatic heterocycles. The minimum atomic E-state index is 0.234. The Labute approximate surface area is 134 Å². The Balaban J connectivity index is 1.73. The van der Waals surface area contributed by atoms with Gasteiger partial charge >= 0.3 is 0 Å². The van der Waals surface area contributed by atoms with Gasteiger partial charge in [-0.25, -0.2) is 0 Å². The van der Waals surface area contributed by atoms with E-state index < -0.39 is 0 Å². The van der Waals surface area contributed by atoms with Crippen LogP contribution in [0.3, 0.4) is 0 Å². The average molecular weight is 329 g/mol. The summed E-state index contributed by atoms with van der Waals surface area (Å²) in [7, 11) is 0. The molecule has 0 aromatic carbocycles. The lowest BCUT2D eigenvalue weighted by atomic mass is 10.2. The van der Waals surface area contributed by atoms with Crippen molar-refractivity contribution in [2.24, 2.45) is 0 Å². The largest absolute Gasteiger partial charge is 0.360 e. The van der Waals surface area contributed by atoms with Crippen molar-refractivity contribution in [1.29, 1.82) is 0 Å². The molecular formula is C14H24N4OS2. The van der Waals surface area contributed by atoms with Gasteiger partial charge in [-0.3, -0.25) is 4.79 Å². The van der Waals surface area contributed by atoms with Crippen molar-refractivity contribution < 1.29 is 4.79 Å². The topological polar surface area (TPSA) is 58.1 Å². The van der Waals surface area contributed by atoms with Crippen LogP contribution in [0, 0.1) is 0 Å². The van der Waals surface area contributed by atoms with Crippen molar-refractivity contribution in [3.05, 3.63) is 0 Å². The number of thioether (sulfide) groups is 1. The Morgan fingerprint density at radius 2 is 2.05 bits per heavy atom. The zero-order chi connectivity index (χ0) is 14.9. The van der Waals surface area contributed by atoms with Gasteiger partial charge in [0.2, 0.25) is 11.0 Å². The van der Waals surface area contributed by atoms with Gasteiger partial charge in [-0.15, -0.1) is 10.2 Å². The smallest absolute Gasteiger partial charge is 0.233 e. The first-order chi connectivity index (χ1) is 10.3. The van der Waals surface area contributed by atoms with Gasteiger partial charge < -0.3 is 10.2 Å². The second-order valence-electron chi connectivity index (χ2n) is 5.24. The van der Waals surface area contributed by atoms with Crippen LogP contribution in [-0.2, 0) is 4.79 Å². The highest BCUT2D eigenvalue weighted by molar-refractivity contribution is 8.01. The maximum Gasteiger partial charge on any atom is 0.233 e. The summed E-state index contributed by atoms with van der Waals surface area (Å²) in [5, 5.41) is 12.4. The quantitative estimate of drug-likeness (QED) is 0.615. The predicted octanol–water partition coefficient (Wildman–Crippen LogP) is 3.24. The van der Waals surface area contributed by atoms with E-state index in [1.54, 1.807) is 0 Å². The van der Waals surface area contributed by atoms with Crippen molar-refractivity contribution in [3.8, 4) is 0 Å². The van der Waals surface area contributed by atoms with Gasteiger partial charge in [-0.2, -0.15) is 0 Å². The summed E-state index contributed by atoms with van der Waals surface area (Å²) in [4.78, 5) is 14.2. The summed E-state index contributed by atoms with van der Waals surface area (Å²) in [5.74, 6) is 0.710. The van der Waals surface area contributed by atoms with Crippen molar-refractivity contribution in [3.63, 3.8) is 0 Å². The Kier molecular flexibility index (Phi) is 7.29. The first-order valence-electron chi connectivity index (χ1n) is 7.77. The van der Waals surface area contributed by atoms with Crippen molar-refractivity contribution in [1.82, 2.24) is 15.1 Å². The Morgan fingerprint density at radius 3 is 2.76 bits per heavy atom. The number of rotatable bonds is 7. The fourth-order valence-corrected chi connectivity index (χ4v) is 3.93. The summed E-state index contributed by atoms with van der Waals surface area (Å²) in [5.41, 5.74) is 0. The van der Waals surface area contributed by atoms with Crippen LogP contribution >= 0.6 is 23.1 Å². The Bertz CT molecular complexity index is 430. The highest BCUT2D eigenvalue weighted by Crippen LogP contribution is 2.26. The van der Waals surface area contributed by atoms with Gasteiger partial charge in [-0.05, 0) is 19.3 Å². The van der Waals surface area contributed by atoms with Crippen molar-refractivity contribution >= 4 is 34.1 Å². The fourth-order valence-electron chi connectivity index (χ4n) is 2.25. The number of hydrogen-bond donors (Lipinski definition) is 1. The second-order valence-corrected chi connectivity index (χ2v) is 7.44. The van der Waals surface area contributed by atoms with E-state index >= 15 is 0 Å². The van der Waals surface area contributed by atoms with E-state index in [0.29, 0.717) is 5.75 Å². The van der Waals surface area contributed by atoms with Crippen LogP contribution in [0.1, 0.15) is 45.4 Å². The number of amides is 1. The minimum absolute atomic E-state index is 0.234. The summed E-state index contributed by atoms with van der Waals surface area (Å²) in [6.45, 7) is 4.93. The number of carbonyl (C=O) groups excluding carboxylic acids is 1. The van der Waals surface area contributed by atoms with E-state index in [0.717, 1.165) is 54.8 Å². The van der Waals surface area contributed by atoms with E-state index in [1.807, 2.05) is 4.90 Å². The van der Waals surface area contributed by atoms with Crippen molar-refractivity contribution in [2.75, 3.05) is 30.7 Å². The maximum absolute atomic E-state index is 12.2. The molecule has 118 valence electrons. The molecule has 1 fully saturated rings. The van der Waals surface area contributed by atoms with Crippen LogP contribution in [0.15, 0.2) is 4.34 Å². The van der Waals surface area contributed by atoms with Gasteiger partial charge in [0.1, 0.15) is 0 Å². The highest BCUT2D eigenvalue weighted by Gasteiger charge is 2.16. The van der Waals surface area contributed by atoms with Crippen LogP contribution in [0.5, 0.6) is 0 Å². The Morgan fingerprint density at radius 1 is 1.29 bits per heavy atom. The predicted molar refractivity (Wildman–Crippen MR) is 89.1 cm³/mol. The van der Waals surface area contributed by atoms with Crippen LogP contribution < -0.4 is 5.32 Å². The third-order valence-electron chi connectivity index (χ3n) is 3.49. The number of aromatic nitrogens is 2. The fraction of sp³-hybridized carbons (Fsp3) is 0.786. The van der Waals surface area contributed by atoms with Gasteiger partial charge in [-0.1, -0.05) is 49.3 Å². The molecule has 0 saturated carbocycles. The van der Waals surface area contributed by atoms with E-state index in [9.17, 15) is 4.79 Å². The van der Waals surface area contributed by atoms with Gasteiger partial charge in [0.05, 0.1) is 5.75 Å². The lowest BCUT2D eigenvalue weighted by molar-refractivity contribution is -0.128. The SMILES string of the molecule is CCCCNc1nnc(SCC(=O)N2CCCCCC2)s1. The summed E-state index contributed by atoms with van der Waals surface area (Å²) in [6, 6.07) is 0. The molecule has 2 rings (SSSR count). The molecule has 5 nitrogen and oxygen atoms in total. The zero-order valence-corrected chi connectivity index (χ0v) is 14.3. The first-order valence-corrected chi connectivity index (χ1v) is 9.57. The molecule has 21 heavy (non-hydrogen) atoms. The van der Waals surface area contributed by atoms with Crippen molar-refractivity contribution in [2.45, 2.75) is 49.8 Å². The number of likely N-dealkylation sites (tertiary alicyclic amines) is 1. The van der Waals surface area contributed by atoms with Crippen LogP contribution in [0.4, 0.5) is 5.13 Å². The molecular weight excluding hydrogens is 304 g/mol. The summed E-state index contributed by atoms with van der Waals surface area (Å²) < 4.78 is 0.872. The van der Waals surface area contributed by atoms with Gasteiger partial charge in [0, 0.05) is 19.6 Å². The number of nitrogens with zero attached hydrogens (tertiary/aromatic N) is 3. The molecule has 0 spiro atoms. The standard InChI is InChI=1S/C14H24N4OS2/c1-2-3-8-15-13-16-17-14(21-13)20-11-12(19)18-9-6-4-5-7-10-18/h2-11H2,1H3,(H,15,16). The number of anilines is 1. The molecule has 1 aliphatic heterocycles. The van der Waals surface area contributed by atoms with Crippen LogP contribution in [-0.4, -0.2) is 46.4 Å². The van der Waals surface area contributed by atoms with Crippen LogP contribution in [0.2, 0.25) is 0 Å². The maximum atomic E-state index is 12.2. The second kappa shape index (κ2) is 9.25. The lowest BCUT2D eigenvalue weighted by Gasteiger charge is -2.19. The zero-order valence-electron chi connectivity index (χ0n) is 12.6. The minimum Gasteiger partial charge on any atom is -0.360 e. The molecule has 7 heteroatoms. The van der Waals surface area contributed by atoms with E-state index in [4.69, 9.17) is 0 Å². The molecule has 1 aliphatic rings. The monoisotopic (exact) mass is 328 g/mol. The summed E-state index contributed by atoms with van der Waals surface area (Å²) >= 11 is 3.04. The van der Waals surface area contributed by atoms with E-state index in [2.05, 4.69) is 22.4 Å². The third-order valence-corrected chi connectivity index (χ3v) is 5.49. The molecule has 1 aromatic rings. The average Bonchev–Trinajstić information content (AvgIpc) is 2.77. The number of hydrogen-bond acceptors (Lipinski definition) is 6. The molecule has 2 heterocycles. The molecule has 1 amide bonds. The summed E-state index contributed by atoms with van der Waals surface area (Å²) in [6.07, 6.45) is 7.08. The normalized spacial score (nSPS) is 15.8. The van der Waals surface area contributed by atoms with Crippen LogP contribution in [0.25, 0.3) is 0 Å². The van der Waals surface area contributed by atoms with E-state index in [1.165, 1.54) is 35.9 Å².